The summed E-state index contributed by atoms with van der Waals surface area (Å²) in [6.45, 7) is 3.94. The fourth-order valence-electron chi connectivity index (χ4n) is 3.43. The molecule has 0 aliphatic rings. The van der Waals surface area contributed by atoms with Gasteiger partial charge in [-0.2, -0.15) is 0 Å². The Bertz CT molecular complexity index is 1190. The van der Waals surface area contributed by atoms with E-state index in [-0.39, 0.29) is 17.7 Å². The second-order valence-corrected chi connectivity index (χ2v) is 9.01. The normalized spacial score (nSPS) is 12.1. The van der Waals surface area contributed by atoms with Crippen molar-refractivity contribution in [2.75, 3.05) is 6.61 Å². The van der Waals surface area contributed by atoms with Crippen LogP contribution in [0.4, 0.5) is 13.2 Å². The van der Waals surface area contributed by atoms with Crippen molar-refractivity contribution >= 4 is 23.1 Å². The van der Waals surface area contributed by atoms with E-state index < -0.39 is 30.0 Å². The van der Waals surface area contributed by atoms with E-state index in [0.717, 1.165) is 23.3 Å². The molecule has 3 rings (SSSR count). The van der Waals surface area contributed by atoms with Gasteiger partial charge in [0.05, 0.1) is 23.2 Å². The summed E-state index contributed by atoms with van der Waals surface area (Å²) >= 11 is 1.17. The lowest BCUT2D eigenvalue weighted by atomic mass is 10.0. The third-order valence-corrected chi connectivity index (χ3v) is 6.09. The standard InChI is InChI=1S/C26H25F3O6S/c1-16-14-19(7-5-18(16)6-10-24(30)31)33-12-11-17(2)34-22-9-8-20(35-26(27,28)29)15-21(22)25(32)23-4-3-13-36-23/h3-5,7-9,13-15,17H,6,10-12H2,1-2H3,(H,30,31). The molecule has 0 saturated heterocycles. The van der Waals surface area contributed by atoms with Gasteiger partial charge in [0.15, 0.2) is 0 Å². The maximum atomic E-state index is 12.9. The molecule has 0 saturated carbocycles. The number of carboxylic acids is 1. The number of ether oxygens (including phenoxy) is 3. The van der Waals surface area contributed by atoms with Gasteiger partial charge in [-0.15, -0.1) is 24.5 Å². The maximum Gasteiger partial charge on any atom is 0.573 e. The lowest BCUT2D eigenvalue weighted by Crippen LogP contribution is -2.19. The van der Waals surface area contributed by atoms with Crippen molar-refractivity contribution in [3.05, 3.63) is 75.5 Å². The van der Waals surface area contributed by atoms with Gasteiger partial charge in [-0.25, -0.2) is 0 Å². The second-order valence-electron chi connectivity index (χ2n) is 8.06. The molecule has 0 amide bonds. The summed E-state index contributed by atoms with van der Waals surface area (Å²) in [6, 6.07) is 12.1. The number of hydrogen-bond acceptors (Lipinski definition) is 6. The first kappa shape index (κ1) is 27.1. The van der Waals surface area contributed by atoms with Gasteiger partial charge >= 0.3 is 12.3 Å². The summed E-state index contributed by atoms with van der Waals surface area (Å²) in [6.07, 6.45) is -4.37. The van der Waals surface area contributed by atoms with Crippen LogP contribution in [-0.4, -0.2) is 35.9 Å². The van der Waals surface area contributed by atoms with Gasteiger partial charge in [0.25, 0.3) is 0 Å². The molecule has 6 nitrogen and oxygen atoms in total. The zero-order valence-electron chi connectivity index (χ0n) is 19.6. The number of aryl methyl sites for hydroxylation is 2. The van der Waals surface area contributed by atoms with Crippen LogP contribution in [0.1, 0.15) is 46.1 Å². The highest BCUT2D eigenvalue weighted by Gasteiger charge is 2.32. The Morgan fingerprint density at radius 2 is 1.83 bits per heavy atom. The minimum Gasteiger partial charge on any atom is -0.493 e. The van der Waals surface area contributed by atoms with Gasteiger partial charge in [0, 0.05) is 12.8 Å². The smallest absolute Gasteiger partial charge is 0.493 e. The van der Waals surface area contributed by atoms with Crippen molar-refractivity contribution in [1.29, 1.82) is 0 Å². The lowest BCUT2D eigenvalue weighted by Gasteiger charge is -2.19. The molecule has 1 atom stereocenters. The predicted molar refractivity (Wildman–Crippen MR) is 128 cm³/mol. The molecule has 0 radical (unpaired) electrons. The SMILES string of the molecule is Cc1cc(OCCC(C)Oc2ccc(OC(F)(F)F)cc2C(=O)c2cccs2)ccc1CCC(=O)O. The summed E-state index contributed by atoms with van der Waals surface area (Å²) in [4.78, 5) is 24.0. The van der Waals surface area contributed by atoms with Crippen LogP contribution in [0, 0.1) is 6.92 Å². The van der Waals surface area contributed by atoms with Crippen LogP contribution < -0.4 is 14.2 Å². The van der Waals surface area contributed by atoms with E-state index in [1.54, 1.807) is 30.5 Å². The van der Waals surface area contributed by atoms with Gasteiger partial charge in [0.2, 0.25) is 5.78 Å². The number of benzene rings is 2. The predicted octanol–water partition coefficient (Wildman–Crippen LogP) is 6.44. The fourth-order valence-corrected chi connectivity index (χ4v) is 4.10. The van der Waals surface area contributed by atoms with E-state index in [9.17, 15) is 22.8 Å². The molecule has 1 N–H and O–H groups in total. The van der Waals surface area contributed by atoms with Crippen molar-refractivity contribution in [3.63, 3.8) is 0 Å². The van der Waals surface area contributed by atoms with Gasteiger partial charge in [-0.05, 0) is 73.2 Å². The Morgan fingerprint density at radius 1 is 1.08 bits per heavy atom. The first-order chi connectivity index (χ1) is 17.0. The van der Waals surface area contributed by atoms with E-state index in [4.69, 9.17) is 14.6 Å². The van der Waals surface area contributed by atoms with E-state index in [1.807, 2.05) is 19.1 Å². The molecule has 1 unspecified atom stereocenters. The number of rotatable bonds is 12. The monoisotopic (exact) mass is 522 g/mol. The van der Waals surface area contributed by atoms with Crippen LogP contribution in [0.15, 0.2) is 53.9 Å². The van der Waals surface area contributed by atoms with Crippen LogP contribution in [0.2, 0.25) is 0 Å². The summed E-state index contributed by atoms with van der Waals surface area (Å²) in [5, 5.41) is 10.5. The number of alkyl halides is 3. The Kier molecular flexibility index (Phi) is 8.98. The average molecular weight is 523 g/mol. The summed E-state index contributed by atoms with van der Waals surface area (Å²) in [5.41, 5.74) is 1.83. The number of halogens is 3. The van der Waals surface area contributed by atoms with Crippen molar-refractivity contribution in [2.45, 2.75) is 45.6 Å². The molecular formula is C26H25F3O6S. The highest BCUT2D eigenvalue weighted by atomic mass is 32.1. The Hall–Kier alpha value is -3.53. The minimum atomic E-state index is -4.89. The molecule has 0 aliphatic carbocycles. The number of carbonyl (C=O) groups excluding carboxylic acids is 1. The molecule has 0 bridgehead atoms. The van der Waals surface area contributed by atoms with Gasteiger partial charge in [-0.1, -0.05) is 12.1 Å². The van der Waals surface area contributed by atoms with Crippen molar-refractivity contribution in [3.8, 4) is 17.2 Å². The Labute approximate surface area is 210 Å². The Balaban J connectivity index is 1.64. The summed E-state index contributed by atoms with van der Waals surface area (Å²) < 4.78 is 53.7. The molecule has 192 valence electrons. The van der Waals surface area contributed by atoms with Crippen molar-refractivity contribution in [1.82, 2.24) is 0 Å². The number of ketones is 1. The lowest BCUT2D eigenvalue weighted by molar-refractivity contribution is -0.274. The van der Waals surface area contributed by atoms with E-state index >= 15 is 0 Å². The minimum absolute atomic E-state index is 0.0282. The van der Waals surface area contributed by atoms with Crippen LogP contribution in [-0.2, 0) is 11.2 Å². The molecule has 1 heterocycles. The molecule has 3 aromatic rings. The van der Waals surface area contributed by atoms with Crippen LogP contribution in [0.25, 0.3) is 0 Å². The molecule has 0 spiro atoms. The summed E-state index contributed by atoms with van der Waals surface area (Å²) in [5.74, 6) is -1.05. The van der Waals surface area contributed by atoms with Gasteiger partial charge in [0.1, 0.15) is 17.2 Å². The van der Waals surface area contributed by atoms with Gasteiger partial charge < -0.3 is 19.3 Å². The Morgan fingerprint density at radius 3 is 2.47 bits per heavy atom. The first-order valence-electron chi connectivity index (χ1n) is 11.1. The highest BCUT2D eigenvalue weighted by molar-refractivity contribution is 7.12. The van der Waals surface area contributed by atoms with Crippen LogP contribution in [0.3, 0.4) is 0 Å². The number of carboxylic acid groups (broad SMARTS) is 1. The third-order valence-electron chi connectivity index (χ3n) is 5.22. The molecule has 10 heteroatoms. The fraction of sp³-hybridized carbons (Fsp3) is 0.308. The van der Waals surface area contributed by atoms with E-state index in [1.165, 1.54) is 17.4 Å². The molecule has 0 fully saturated rings. The quantitative estimate of drug-likeness (QED) is 0.276. The van der Waals surface area contributed by atoms with E-state index in [2.05, 4.69) is 4.74 Å². The molecular weight excluding hydrogens is 497 g/mol. The summed E-state index contributed by atoms with van der Waals surface area (Å²) in [7, 11) is 0. The second kappa shape index (κ2) is 11.9. The van der Waals surface area contributed by atoms with Crippen molar-refractivity contribution in [2.24, 2.45) is 0 Å². The molecule has 2 aromatic carbocycles. The zero-order chi connectivity index (χ0) is 26.3. The van der Waals surface area contributed by atoms with Crippen LogP contribution >= 0.6 is 11.3 Å². The molecule has 36 heavy (non-hydrogen) atoms. The van der Waals surface area contributed by atoms with Gasteiger partial charge in [-0.3, -0.25) is 9.59 Å². The highest BCUT2D eigenvalue weighted by Crippen LogP contribution is 2.32. The zero-order valence-corrected chi connectivity index (χ0v) is 20.4. The average Bonchev–Trinajstić information content (AvgIpc) is 3.33. The third kappa shape index (κ3) is 8.01. The van der Waals surface area contributed by atoms with E-state index in [0.29, 0.717) is 30.1 Å². The largest absolute Gasteiger partial charge is 0.573 e. The molecule has 1 aromatic heterocycles. The van der Waals surface area contributed by atoms with Crippen molar-refractivity contribution < 1.29 is 42.1 Å². The van der Waals surface area contributed by atoms with Crippen LogP contribution in [0.5, 0.6) is 17.2 Å². The topological polar surface area (TPSA) is 82.1 Å². The first-order valence-corrected chi connectivity index (χ1v) is 12.0. The number of thiophene rings is 1. The number of carbonyl (C=O) groups is 2. The molecule has 0 aliphatic heterocycles. The maximum absolute atomic E-state index is 12.9. The number of hydrogen-bond donors (Lipinski definition) is 1. The number of aliphatic carboxylic acids is 1.